The second-order valence-corrected chi connectivity index (χ2v) is 5.48. The van der Waals surface area contributed by atoms with Gasteiger partial charge < -0.3 is 10.2 Å². The minimum absolute atomic E-state index is 0.183. The second kappa shape index (κ2) is 5.64. The fourth-order valence-corrected chi connectivity index (χ4v) is 3.06. The van der Waals surface area contributed by atoms with Crippen molar-refractivity contribution in [2.24, 2.45) is 0 Å². The number of hydrogen-bond acceptors (Lipinski definition) is 2. The summed E-state index contributed by atoms with van der Waals surface area (Å²) < 4.78 is 0. The quantitative estimate of drug-likeness (QED) is 0.903. The Balaban J connectivity index is 2.26. The number of amides is 1. The van der Waals surface area contributed by atoms with Gasteiger partial charge in [-0.25, -0.2) is 0 Å². The summed E-state index contributed by atoms with van der Waals surface area (Å²) in [4.78, 5) is 14.8. The van der Waals surface area contributed by atoms with Crippen molar-refractivity contribution in [2.75, 3.05) is 12.4 Å². The molecule has 1 aromatic rings. The van der Waals surface area contributed by atoms with Gasteiger partial charge in [0.2, 0.25) is 0 Å². The Morgan fingerprint density at radius 2 is 2.16 bits per heavy atom. The molecule has 2 rings (SSSR count). The van der Waals surface area contributed by atoms with Gasteiger partial charge in [-0.05, 0) is 56.9 Å². The predicted molar refractivity (Wildman–Crippen MR) is 79.7 cm³/mol. The van der Waals surface area contributed by atoms with E-state index < -0.39 is 0 Å². The van der Waals surface area contributed by atoms with E-state index in [4.69, 9.17) is 0 Å². The van der Waals surface area contributed by atoms with E-state index in [9.17, 15) is 4.79 Å². The number of aryl methyl sites for hydroxylation is 1. The first-order valence-corrected chi connectivity index (χ1v) is 7.19. The fraction of sp³-hybridized carbons (Fsp3) is 0.562. The fourth-order valence-electron chi connectivity index (χ4n) is 3.06. The van der Waals surface area contributed by atoms with Crippen LogP contribution in [0.4, 0.5) is 5.69 Å². The third-order valence-corrected chi connectivity index (χ3v) is 4.23. The predicted octanol–water partition coefficient (Wildman–Crippen LogP) is 3.44. The Hall–Kier alpha value is -1.51. The second-order valence-electron chi connectivity index (χ2n) is 5.48. The van der Waals surface area contributed by atoms with E-state index in [1.54, 1.807) is 0 Å². The van der Waals surface area contributed by atoms with Gasteiger partial charge in [0.05, 0.1) is 0 Å². The molecule has 1 aliphatic heterocycles. The Morgan fingerprint density at radius 3 is 2.74 bits per heavy atom. The number of carbonyl (C=O) groups excluding carboxylic acids is 1. The molecule has 1 saturated heterocycles. The highest BCUT2D eigenvalue weighted by Gasteiger charge is 2.33. The van der Waals surface area contributed by atoms with Crippen LogP contribution in [-0.2, 0) is 0 Å². The number of nitrogens with zero attached hydrogens (tertiary/aromatic N) is 1. The lowest BCUT2D eigenvalue weighted by Gasteiger charge is -2.28. The molecule has 0 saturated carbocycles. The van der Waals surface area contributed by atoms with Crippen molar-refractivity contribution < 1.29 is 4.79 Å². The van der Waals surface area contributed by atoms with Crippen LogP contribution in [0.3, 0.4) is 0 Å². The largest absolute Gasteiger partial charge is 0.388 e. The molecule has 1 heterocycles. The first kappa shape index (κ1) is 13.9. The van der Waals surface area contributed by atoms with Crippen LogP contribution in [0.5, 0.6) is 0 Å². The van der Waals surface area contributed by atoms with Gasteiger partial charge in [-0.1, -0.05) is 6.92 Å². The van der Waals surface area contributed by atoms with Crippen molar-refractivity contribution in [1.82, 2.24) is 4.90 Å². The van der Waals surface area contributed by atoms with Gasteiger partial charge in [0, 0.05) is 30.4 Å². The van der Waals surface area contributed by atoms with Crippen LogP contribution in [0.2, 0.25) is 0 Å². The van der Waals surface area contributed by atoms with Gasteiger partial charge >= 0.3 is 0 Å². The minimum atomic E-state index is 0.183. The van der Waals surface area contributed by atoms with Crippen molar-refractivity contribution in [2.45, 2.75) is 52.1 Å². The highest BCUT2D eigenvalue weighted by molar-refractivity contribution is 5.95. The molecule has 1 fully saturated rings. The molecule has 3 heteroatoms. The Kier molecular flexibility index (Phi) is 4.13. The van der Waals surface area contributed by atoms with E-state index >= 15 is 0 Å². The van der Waals surface area contributed by atoms with Crippen molar-refractivity contribution in [3.05, 3.63) is 29.3 Å². The third kappa shape index (κ3) is 2.60. The molecule has 104 valence electrons. The molecule has 0 aromatic heterocycles. The van der Waals surface area contributed by atoms with E-state index in [1.807, 2.05) is 32.2 Å². The van der Waals surface area contributed by atoms with E-state index in [0.717, 1.165) is 36.1 Å². The zero-order valence-corrected chi connectivity index (χ0v) is 12.4. The summed E-state index contributed by atoms with van der Waals surface area (Å²) in [5.74, 6) is 0.183. The number of rotatable bonds is 3. The summed E-state index contributed by atoms with van der Waals surface area (Å²) in [5, 5.41) is 3.13. The molecule has 2 unspecified atom stereocenters. The molecule has 19 heavy (non-hydrogen) atoms. The highest BCUT2D eigenvalue weighted by atomic mass is 16.2. The maximum absolute atomic E-state index is 12.7. The van der Waals surface area contributed by atoms with E-state index in [1.165, 1.54) is 0 Å². The maximum atomic E-state index is 12.7. The zero-order chi connectivity index (χ0) is 14.0. The number of nitrogens with one attached hydrogen (secondary N) is 1. The molecule has 1 aliphatic rings. The topological polar surface area (TPSA) is 32.3 Å². The summed E-state index contributed by atoms with van der Waals surface area (Å²) in [6.07, 6.45) is 3.30. The third-order valence-electron chi connectivity index (χ3n) is 4.23. The number of anilines is 1. The van der Waals surface area contributed by atoms with Crippen LogP contribution < -0.4 is 5.32 Å². The van der Waals surface area contributed by atoms with E-state index in [2.05, 4.69) is 24.1 Å². The molecular formula is C16H24N2O. The SMILES string of the molecule is CCC1CCC(C)N1C(=O)c1ccc(NC)c(C)c1. The minimum Gasteiger partial charge on any atom is -0.388 e. The smallest absolute Gasteiger partial charge is 0.254 e. The highest BCUT2D eigenvalue weighted by Crippen LogP contribution is 2.28. The monoisotopic (exact) mass is 260 g/mol. The summed E-state index contributed by atoms with van der Waals surface area (Å²) >= 11 is 0. The van der Waals surface area contributed by atoms with Crippen LogP contribution in [-0.4, -0.2) is 29.9 Å². The van der Waals surface area contributed by atoms with Gasteiger partial charge in [-0.2, -0.15) is 0 Å². The lowest BCUT2D eigenvalue weighted by Crippen LogP contribution is -2.39. The Labute approximate surface area is 116 Å². The van der Waals surface area contributed by atoms with Crippen molar-refractivity contribution in [3.63, 3.8) is 0 Å². The molecule has 2 atom stereocenters. The maximum Gasteiger partial charge on any atom is 0.254 e. The van der Waals surface area contributed by atoms with Gasteiger partial charge in [-0.3, -0.25) is 4.79 Å². The van der Waals surface area contributed by atoms with Crippen LogP contribution in [0.25, 0.3) is 0 Å². The molecular weight excluding hydrogens is 236 g/mol. The summed E-state index contributed by atoms with van der Waals surface area (Å²) in [5.41, 5.74) is 3.01. The standard InChI is InChI=1S/C16H24N2O/c1-5-14-8-6-12(3)18(14)16(19)13-7-9-15(17-4)11(2)10-13/h7,9-10,12,14,17H,5-6,8H2,1-4H3. The summed E-state index contributed by atoms with van der Waals surface area (Å²) in [6.45, 7) is 6.36. The molecule has 3 nitrogen and oxygen atoms in total. The zero-order valence-electron chi connectivity index (χ0n) is 12.4. The van der Waals surface area contributed by atoms with Crippen LogP contribution >= 0.6 is 0 Å². The number of benzene rings is 1. The molecule has 0 radical (unpaired) electrons. The van der Waals surface area contributed by atoms with E-state index in [-0.39, 0.29) is 5.91 Å². The Bertz CT molecular complexity index is 470. The molecule has 0 spiro atoms. The lowest BCUT2D eigenvalue weighted by molar-refractivity contribution is 0.0676. The lowest BCUT2D eigenvalue weighted by atomic mass is 10.1. The number of carbonyl (C=O) groups is 1. The van der Waals surface area contributed by atoms with Crippen LogP contribution in [0, 0.1) is 6.92 Å². The Morgan fingerprint density at radius 1 is 1.42 bits per heavy atom. The van der Waals surface area contributed by atoms with Crippen molar-refractivity contribution in [1.29, 1.82) is 0 Å². The number of hydrogen-bond donors (Lipinski definition) is 1. The first-order valence-electron chi connectivity index (χ1n) is 7.19. The van der Waals surface area contributed by atoms with Crippen LogP contribution in [0.15, 0.2) is 18.2 Å². The average Bonchev–Trinajstić information content (AvgIpc) is 2.78. The molecule has 1 N–H and O–H groups in total. The summed E-state index contributed by atoms with van der Waals surface area (Å²) in [7, 11) is 1.90. The molecule has 1 aromatic carbocycles. The molecule has 0 bridgehead atoms. The van der Waals surface area contributed by atoms with Crippen molar-refractivity contribution >= 4 is 11.6 Å². The van der Waals surface area contributed by atoms with E-state index in [0.29, 0.717) is 12.1 Å². The van der Waals surface area contributed by atoms with Gasteiger partial charge in [0.1, 0.15) is 0 Å². The van der Waals surface area contributed by atoms with Crippen molar-refractivity contribution in [3.8, 4) is 0 Å². The van der Waals surface area contributed by atoms with Gasteiger partial charge in [0.25, 0.3) is 5.91 Å². The average molecular weight is 260 g/mol. The van der Waals surface area contributed by atoms with Gasteiger partial charge in [-0.15, -0.1) is 0 Å². The van der Waals surface area contributed by atoms with Crippen LogP contribution in [0.1, 0.15) is 49.0 Å². The molecule has 1 amide bonds. The molecule has 0 aliphatic carbocycles. The normalized spacial score (nSPS) is 22.6. The summed E-state index contributed by atoms with van der Waals surface area (Å²) in [6, 6.07) is 6.68. The first-order chi connectivity index (χ1) is 9.08. The number of likely N-dealkylation sites (tertiary alicyclic amines) is 1. The van der Waals surface area contributed by atoms with Gasteiger partial charge in [0.15, 0.2) is 0 Å².